The topological polar surface area (TPSA) is 66.9 Å². The highest BCUT2D eigenvalue weighted by Crippen LogP contribution is 2.30. The van der Waals surface area contributed by atoms with E-state index < -0.39 is 15.8 Å². The number of rotatable bonds is 4. The van der Waals surface area contributed by atoms with Crippen LogP contribution < -0.4 is 4.74 Å². The number of methoxy groups -OCH3 is 1. The van der Waals surface area contributed by atoms with Gasteiger partial charge in [-0.25, -0.2) is 12.8 Å². The van der Waals surface area contributed by atoms with Crippen LogP contribution in [0.15, 0.2) is 23.1 Å². The normalized spacial score (nSPS) is 20.0. The monoisotopic (exact) mass is 370 g/mol. The molecule has 0 atom stereocenters. The van der Waals surface area contributed by atoms with Gasteiger partial charge in [-0.1, -0.05) is 6.42 Å². The predicted molar refractivity (Wildman–Crippen MR) is 90.2 cm³/mol. The Balaban J connectivity index is 1.77. The molecule has 0 unspecified atom stereocenters. The number of amides is 1. The highest BCUT2D eigenvalue weighted by Gasteiger charge is 2.34. The number of carbonyl (C=O) groups is 1. The maximum Gasteiger partial charge on any atom is 0.246 e. The summed E-state index contributed by atoms with van der Waals surface area (Å²) >= 11 is 0. The van der Waals surface area contributed by atoms with Crippen molar-refractivity contribution in [3.8, 4) is 5.75 Å². The minimum absolute atomic E-state index is 0.103. The molecule has 2 fully saturated rings. The average molecular weight is 370 g/mol. The Kier molecular flexibility index (Phi) is 5.29. The summed E-state index contributed by atoms with van der Waals surface area (Å²) in [6.07, 6.45) is 3.51. The summed E-state index contributed by atoms with van der Waals surface area (Å²) in [5.41, 5.74) is 0. The van der Waals surface area contributed by atoms with Crippen LogP contribution in [0, 0.1) is 11.7 Å². The second kappa shape index (κ2) is 7.29. The second-order valence-electron chi connectivity index (χ2n) is 6.51. The lowest BCUT2D eigenvalue weighted by molar-refractivity contribution is -0.138. The molecule has 0 bridgehead atoms. The number of benzene rings is 1. The van der Waals surface area contributed by atoms with Crippen molar-refractivity contribution in [1.29, 1.82) is 0 Å². The van der Waals surface area contributed by atoms with Crippen LogP contribution in [0.2, 0.25) is 0 Å². The Bertz CT molecular complexity index is 749. The third kappa shape index (κ3) is 3.64. The van der Waals surface area contributed by atoms with Gasteiger partial charge in [-0.15, -0.1) is 0 Å². The lowest BCUT2D eigenvalue weighted by Gasteiger charge is -2.31. The van der Waals surface area contributed by atoms with Crippen LogP contribution >= 0.6 is 0 Å². The summed E-state index contributed by atoms with van der Waals surface area (Å²) in [6, 6.07) is 3.46. The van der Waals surface area contributed by atoms with E-state index in [9.17, 15) is 17.6 Å². The molecule has 1 heterocycles. The van der Waals surface area contributed by atoms with Gasteiger partial charge in [0, 0.05) is 32.1 Å². The lowest BCUT2D eigenvalue weighted by atomic mass is 9.84. The Morgan fingerprint density at radius 1 is 1.16 bits per heavy atom. The molecular formula is C17H23FN2O4S. The zero-order valence-electron chi connectivity index (χ0n) is 14.3. The number of nitrogens with zero attached hydrogens (tertiary/aromatic N) is 2. The molecule has 0 N–H and O–H groups in total. The van der Waals surface area contributed by atoms with Crippen LogP contribution in [-0.2, 0) is 14.8 Å². The van der Waals surface area contributed by atoms with Gasteiger partial charge in [0.05, 0.1) is 7.11 Å². The summed E-state index contributed by atoms with van der Waals surface area (Å²) in [4.78, 5) is 14.0. The number of carbonyl (C=O) groups excluding carboxylic acids is 1. The minimum Gasteiger partial charge on any atom is -0.495 e. The van der Waals surface area contributed by atoms with Gasteiger partial charge in [0.15, 0.2) is 0 Å². The molecule has 1 aliphatic heterocycles. The fourth-order valence-electron chi connectivity index (χ4n) is 3.26. The average Bonchev–Trinajstić information content (AvgIpc) is 2.79. The van der Waals surface area contributed by atoms with E-state index in [0.29, 0.717) is 26.1 Å². The quantitative estimate of drug-likeness (QED) is 0.811. The SMILES string of the molecule is COc1ccc(F)cc1S(=O)(=O)N1CCCN(C(=O)C2CCC2)CC1. The van der Waals surface area contributed by atoms with Crippen molar-refractivity contribution in [2.75, 3.05) is 33.3 Å². The van der Waals surface area contributed by atoms with E-state index in [1.807, 2.05) is 0 Å². The third-order valence-electron chi connectivity index (χ3n) is 4.96. The van der Waals surface area contributed by atoms with Gasteiger partial charge in [0.2, 0.25) is 15.9 Å². The van der Waals surface area contributed by atoms with E-state index in [1.54, 1.807) is 4.90 Å². The molecule has 8 heteroatoms. The summed E-state index contributed by atoms with van der Waals surface area (Å²) in [5.74, 6) is -0.274. The fraction of sp³-hybridized carbons (Fsp3) is 0.588. The van der Waals surface area contributed by atoms with Gasteiger partial charge in [0.25, 0.3) is 0 Å². The highest BCUT2D eigenvalue weighted by atomic mass is 32.2. The first kappa shape index (κ1) is 18.1. The number of hydrogen-bond acceptors (Lipinski definition) is 4. The molecular weight excluding hydrogens is 347 g/mol. The molecule has 0 spiro atoms. The smallest absolute Gasteiger partial charge is 0.246 e. The van der Waals surface area contributed by atoms with Gasteiger partial charge < -0.3 is 9.64 Å². The first-order valence-corrected chi connectivity index (χ1v) is 10.00. The molecule has 1 aromatic rings. The van der Waals surface area contributed by atoms with E-state index in [4.69, 9.17) is 4.74 Å². The first-order valence-electron chi connectivity index (χ1n) is 8.56. The second-order valence-corrected chi connectivity index (χ2v) is 8.41. The maximum atomic E-state index is 13.6. The molecule has 2 aliphatic rings. The van der Waals surface area contributed by atoms with Crippen molar-refractivity contribution in [1.82, 2.24) is 9.21 Å². The number of sulfonamides is 1. The molecule has 1 aromatic carbocycles. The van der Waals surface area contributed by atoms with Crippen LogP contribution in [0.3, 0.4) is 0 Å². The molecule has 1 amide bonds. The third-order valence-corrected chi connectivity index (χ3v) is 6.88. The summed E-state index contributed by atoms with van der Waals surface area (Å²) < 4.78 is 45.8. The van der Waals surface area contributed by atoms with Crippen molar-refractivity contribution in [2.45, 2.75) is 30.6 Å². The summed E-state index contributed by atoms with van der Waals surface area (Å²) in [5, 5.41) is 0. The van der Waals surface area contributed by atoms with Crippen molar-refractivity contribution >= 4 is 15.9 Å². The highest BCUT2D eigenvalue weighted by molar-refractivity contribution is 7.89. The van der Waals surface area contributed by atoms with Crippen LogP contribution in [0.5, 0.6) is 5.75 Å². The van der Waals surface area contributed by atoms with E-state index >= 15 is 0 Å². The van der Waals surface area contributed by atoms with Gasteiger partial charge in [0.1, 0.15) is 16.5 Å². The van der Waals surface area contributed by atoms with Gasteiger partial charge in [-0.3, -0.25) is 4.79 Å². The predicted octanol–water partition coefficient (Wildman–Crippen LogP) is 1.86. The van der Waals surface area contributed by atoms with Crippen molar-refractivity contribution in [2.24, 2.45) is 5.92 Å². The van der Waals surface area contributed by atoms with Crippen molar-refractivity contribution < 1.29 is 22.3 Å². The van der Waals surface area contributed by atoms with Gasteiger partial charge in [-0.05, 0) is 37.5 Å². The molecule has 0 aromatic heterocycles. The number of halogens is 1. The number of ether oxygens (including phenoxy) is 1. The van der Waals surface area contributed by atoms with Gasteiger partial charge in [-0.2, -0.15) is 4.31 Å². The fourth-order valence-corrected chi connectivity index (χ4v) is 4.90. The molecule has 1 aliphatic carbocycles. The Hall–Kier alpha value is -1.67. The largest absolute Gasteiger partial charge is 0.495 e. The molecule has 1 saturated carbocycles. The zero-order valence-corrected chi connectivity index (χ0v) is 15.1. The van der Waals surface area contributed by atoms with E-state index in [2.05, 4.69) is 0 Å². The minimum atomic E-state index is -3.88. The van der Waals surface area contributed by atoms with Crippen LogP contribution in [-0.4, -0.2) is 56.8 Å². The Morgan fingerprint density at radius 2 is 1.92 bits per heavy atom. The molecule has 0 radical (unpaired) electrons. The molecule has 3 rings (SSSR count). The van der Waals surface area contributed by atoms with E-state index in [-0.39, 0.29) is 29.0 Å². The number of hydrogen-bond donors (Lipinski definition) is 0. The summed E-state index contributed by atoms with van der Waals surface area (Å²) in [6.45, 7) is 1.44. The maximum absolute atomic E-state index is 13.6. The van der Waals surface area contributed by atoms with E-state index in [0.717, 1.165) is 25.3 Å². The van der Waals surface area contributed by atoms with Crippen LogP contribution in [0.25, 0.3) is 0 Å². The van der Waals surface area contributed by atoms with Crippen molar-refractivity contribution in [3.63, 3.8) is 0 Å². The molecule has 1 saturated heterocycles. The van der Waals surface area contributed by atoms with Crippen LogP contribution in [0.4, 0.5) is 4.39 Å². The molecule has 6 nitrogen and oxygen atoms in total. The summed E-state index contributed by atoms with van der Waals surface area (Å²) in [7, 11) is -2.53. The Labute approximate surface area is 147 Å². The van der Waals surface area contributed by atoms with E-state index in [1.165, 1.54) is 23.5 Å². The standard InChI is InChI=1S/C17H23FN2O4S/c1-24-15-7-6-14(18)12-16(15)25(22,23)20-9-3-8-19(10-11-20)17(21)13-4-2-5-13/h6-7,12-13H,2-5,8-11H2,1H3. The molecule has 25 heavy (non-hydrogen) atoms. The van der Waals surface area contributed by atoms with Crippen LogP contribution in [0.1, 0.15) is 25.7 Å². The Morgan fingerprint density at radius 3 is 2.56 bits per heavy atom. The van der Waals surface area contributed by atoms with Gasteiger partial charge >= 0.3 is 0 Å². The zero-order chi connectivity index (χ0) is 18.0. The first-order chi connectivity index (χ1) is 11.9. The lowest BCUT2D eigenvalue weighted by Crippen LogP contribution is -2.41. The van der Waals surface area contributed by atoms with Crippen molar-refractivity contribution in [3.05, 3.63) is 24.0 Å². The molecule has 138 valence electrons.